The molecule has 212 valence electrons. The van der Waals surface area contributed by atoms with Gasteiger partial charge in [0.1, 0.15) is 28.2 Å². The molecule has 0 spiro atoms. The highest BCUT2D eigenvalue weighted by Crippen LogP contribution is 2.37. The molecular weight excluding hydrogens is 539 g/mol. The van der Waals surface area contributed by atoms with E-state index < -0.39 is 11.9 Å². The fraction of sp³-hybridized carbons (Fsp3) is 0.281. The largest absolute Gasteiger partial charge is 0.497 e. The second kappa shape index (κ2) is 12.5. The maximum absolute atomic E-state index is 14.5. The molecule has 1 heterocycles. The van der Waals surface area contributed by atoms with Crippen molar-refractivity contribution in [3.05, 3.63) is 94.6 Å². The van der Waals surface area contributed by atoms with Crippen LogP contribution in [-0.4, -0.2) is 29.3 Å². The van der Waals surface area contributed by atoms with Crippen molar-refractivity contribution >= 4 is 34.7 Å². The van der Waals surface area contributed by atoms with E-state index in [1.165, 1.54) is 17.0 Å². The zero-order valence-corrected chi connectivity index (χ0v) is 23.9. The van der Waals surface area contributed by atoms with Crippen LogP contribution in [0.2, 0.25) is 0 Å². The van der Waals surface area contributed by atoms with Crippen LogP contribution in [0.3, 0.4) is 0 Å². The minimum atomic E-state index is -0.979. The van der Waals surface area contributed by atoms with E-state index in [2.05, 4.69) is 9.69 Å². The van der Waals surface area contributed by atoms with Crippen LogP contribution in [0, 0.1) is 12.7 Å². The number of ether oxygens (including phenoxy) is 1. The summed E-state index contributed by atoms with van der Waals surface area (Å²) in [5.41, 5.74) is 9.83. The van der Waals surface area contributed by atoms with Crippen LogP contribution in [0.15, 0.2) is 72.8 Å². The average molecular weight is 573 g/mol. The fourth-order valence-electron chi connectivity index (χ4n) is 5.27. The summed E-state index contributed by atoms with van der Waals surface area (Å²) < 4.78 is 23.4. The van der Waals surface area contributed by atoms with Crippen molar-refractivity contribution in [3.8, 4) is 17.0 Å². The second-order valence-electron chi connectivity index (χ2n) is 10.3. The van der Waals surface area contributed by atoms with Crippen molar-refractivity contribution in [1.82, 2.24) is 9.69 Å². The fourth-order valence-corrected chi connectivity index (χ4v) is 6.03. The first kappa shape index (κ1) is 28.3. The lowest BCUT2D eigenvalue weighted by molar-refractivity contribution is -0.123. The van der Waals surface area contributed by atoms with Gasteiger partial charge in [-0.2, -0.15) is 4.37 Å². The maximum Gasteiger partial charge on any atom is 0.273 e. The Kier molecular flexibility index (Phi) is 8.64. The van der Waals surface area contributed by atoms with Gasteiger partial charge in [0.2, 0.25) is 5.91 Å². The van der Waals surface area contributed by atoms with Crippen molar-refractivity contribution < 1.29 is 18.7 Å². The Bertz CT molecular complexity index is 1510. The number of hydrogen-bond donors (Lipinski definition) is 2. The van der Waals surface area contributed by atoms with E-state index in [1.54, 1.807) is 43.5 Å². The molecule has 5 rings (SSSR count). The Morgan fingerprint density at radius 2 is 1.76 bits per heavy atom. The SMILES string of the molecule is COc1ccc(C(C(=O)NC2CCCCC2)N(C(=O)c2snc(-c3ccc(F)cc3)c2N)c2cccc(C)c2)cc1. The summed E-state index contributed by atoms with van der Waals surface area (Å²) in [5.74, 6) is -0.447. The summed E-state index contributed by atoms with van der Waals surface area (Å²) in [6, 6.07) is 19.5. The molecule has 1 aliphatic carbocycles. The Morgan fingerprint density at radius 1 is 1.05 bits per heavy atom. The molecule has 1 unspecified atom stereocenters. The number of amides is 2. The Hall–Kier alpha value is -4.24. The van der Waals surface area contributed by atoms with Crippen molar-refractivity contribution in [2.24, 2.45) is 0 Å². The molecule has 1 aliphatic rings. The number of aryl methyl sites for hydroxylation is 1. The number of halogens is 1. The van der Waals surface area contributed by atoms with Gasteiger partial charge in [0.25, 0.3) is 5.91 Å². The minimum Gasteiger partial charge on any atom is -0.497 e. The monoisotopic (exact) mass is 572 g/mol. The standard InChI is InChI=1S/C32H33FN4O3S/c1-20-7-6-10-25(19-20)37(32(39)30-27(34)28(36-41-30)21-11-15-23(33)16-12-21)29(22-13-17-26(40-2)18-14-22)31(38)35-24-8-4-3-5-9-24/h6-7,10-19,24,29H,3-5,8-9,34H2,1-2H3,(H,35,38). The van der Waals surface area contributed by atoms with Gasteiger partial charge in [-0.15, -0.1) is 0 Å². The Balaban J connectivity index is 1.61. The first-order chi connectivity index (χ1) is 19.9. The zero-order chi connectivity index (χ0) is 28.9. The number of carbonyl (C=O) groups is 2. The van der Waals surface area contributed by atoms with E-state index in [4.69, 9.17) is 10.5 Å². The number of nitrogens with zero attached hydrogens (tertiary/aromatic N) is 2. The van der Waals surface area contributed by atoms with E-state index >= 15 is 0 Å². The molecular formula is C32H33FN4O3S. The van der Waals surface area contributed by atoms with Gasteiger partial charge in [0.15, 0.2) is 0 Å². The average Bonchev–Trinajstić information content (AvgIpc) is 3.37. The van der Waals surface area contributed by atoms with Crippen LogP contribution in [0.25, 0.3) is 11.3 Å². The summed E-state index contributed by atoms with van der Waals surface area (Å²) in [6.45, 7) is 1.93. The molecule has 4 aromatic rings. The molecule has 3 N–H and O–H groups in total. The molecule has 3 aromatic carbocycles. The van der Waals surface area contributed by atoms with Gasteiger partial charge in [-0.3, -0.25) is 14.5 Å². The molecule has 0 saturated heterocycles. The third-order valence-electron chi connectivity index (χ3n) is 7.43. The van der Waals surface area contributed by atoms with Gasteiger partial charge in [0, 0.05) is 17.3 Å². The van der Waals surface area contributed by atoms with Crippen LogP contribution >= 0.6 is 11.5 Å². The number of benzene rings is 3. The van der Waals surface area contributed by atoms with E-state index in [-0.39, 0.29) is 28.3 Å². The molecule has 0 radical (unpaired) electrons. The molecule has 1 fully saturated rings. The summed E-state index contributed by atoms with van der Waals surface area (Å²) in [4.78, 5) is 30.3. The molecule has 7 nitrogen and oxygen atoms in total. The van der Waals surface area contributed by atoms with Gasteiger partial charge in [-0.05, 0) is 91.0 Å². The molecule has 9 heteroatoms. The molecule has 1 aromatic heterocycles. The van der Waals surface area contributed by atoms with Crippen molar-refractivity contribution in [2.45, 2.75) is 51.1 Å². The van der Waals surface area contributed by atoms with Crippen LogP contribution in [0.1, 0.15) is 58.9 Å². The summed E-state index contributed by atoms with van der Waals surface area (Å²) in [5, 5.41) is 3.23. The third kappa shape index (κ3) is 6.25. The maximum atomic E-state index is 14.5. The number of anilines is 2. The Labute approximate surface area is 243 Å². The second-order valence-corrected chi connectivity index (χ2v) is 11.1. The van der Waals surface area contributed by atoms with E-state index in [0.29, 0.717) is 28.3 Å². The number of nitrogen functional groups attached to an aromatic ring is 1. The lowest BCUT2D eigenvalue weighted by Crippen LogP contribution is -2.47. The highest BCUT2D eigenvalue weighted by molar-refractivity contribution is 7.09. The molecule has 0 aliphatic heterocycles. The first-order valence-corrected chi connectivity index (χ1v) is 14.5. The first-order valence-electron chi connectivity index (χ1n) is 13.7. The van der Waals surface area contributed by atoms with Crippen molar-refractivity contribution in [1.29, 1.82) is 0 Å². The van der Waals surface area contributed by atoms with Gasteiger partial charge in [-0.1, -0.05) is 43.5 Å². The zero-order valence-electron chi connectivity index (χ0n) is 23.1. The van der Waals surface area contributed by atoms with Gasteiger partial charge in [-0.25, -0.2) is 4.39 Å². The lowest BCUT2D eigenvalue weighted by atomic mass is 9.94. The normalized spacial score (nSPS) is 14.3. The molecule has 41 heavy (non-hydrogen) atoms. The summed E-state index contributed by atoms with van der Waals surface area (Å²) in [7, 11) is 1.58. The van der Waals surface area contributed by atoms with E-state index in [1.807, 2.05) is 31.2 Å². The predicted molar refractivity (Wildman–Crippen MR) is 161 cm³/mol. The van der Waals surface area contributed by atoms with Crippen LogP contribution in [0.5, 0.6) is 5.75 Å². The van der Waals surface area contributed by atoms with Gasteiger partial charge in [0.05, 0.1) is 12.8 Å². The lowest BCUT2D eigenvalue weighted by Gasteiger charge is -2.33. The molecule has 1 saturated carbocycles. The highest BCUT2D eigenvalue weighted by atomic mass is 32.1. The van der Waals surface area contributed by atoms with Crippen molar-refractivity contribution in [2.75, 3.05) is 17.7 Å². The summed E-state index contributed by atoms with van der Waals surface area (Å²) in [6.07, 6.45) is 5.08. The highest BCUT2D eigenvalue weighted by Gasteiger charge is 2.36. The number of nitrogens with one attached hydrogen (secondary N) is 1. The third-order valence-corrected chi connectivity index (χ3v) is 8.28. The summed E-state index contributed by atoms with van der Waals surface area (Å²) >= 11 is 0.965. The minimum absolute atomic E-state index is 0.0463. The number of aromatic nitrogens is 1. The van der Waals surface area contributed by atoms with Gasteiger partial charge < -0.3 is 15.8 Å². The topological polar surface area (TPSA) is 97.5 Å². The molecule has 2 amide bonds. The number of rotatable bonds is 8. The van der Waals surface area contributed by atoms with Crippen molar-refractivity contribution in [3.63, 3.8) is 0 Å². The van der Waals surface area contributed by atoms with Gasteiger partial charge >= 0.3 is 0 Å². The van der Waals surface area contributed by atoms with E-state index in [0.717, 1.165) is 49.2 Å². The quantitative estimate of drug-likeness (QED) is 0.245. The molecule has 0 bridgehead atoms. The number of nitrogens with two attached hydrogens (primary N) is 1. The molecule has 1 atom stereocenters. The number of carbonyl (C=O) groups excluding carboxylic acids is 2. The predicted octanol–water partition coefficient (Wildman–Crippen LogP) is 6.69. The number of hydrogen-bond acceptors (Lipinski definition) is 6. The van der Waals surface area contributed by atoms with Crippen LogP contribution in [0.4, 0.5) is 15.8 Å². The smallest absolute Gasteiger partial charge is 0.273 e. The van der Waals surface area contributed by atoms with Crippen LogP contribution in [-0.2, 0) is 4.79 Å². The number of methoxy groups -OCH3 is 1. The Morgan fingerprint density at radius 3 is 2.41 bits per heavy atom. The van der Waals surface area contributed by atoms with Crippen LogP contribution < -0.4 is 20.7 Å². The van der Waals surface area contributed by atoms with E-state index in [9.17, 15) is 14.0 Å².